The maximum atomic E-state index is 14.4. The number of fused-ring (bicyclic) bond motifs is 3. The van der Waals surface area contributed by atoms with Crippen molar-refractivity contribution in [1.29, 1.82) is 0 Å². The van der Waals surface area contributed by atoms with E-state index in [4.69, 9.17) is 11.6 Å². The smallest absolute Gasteiger partial charge is 0.350 e. The molecule has 178 valence electrons. The number of amides is 1. The lowest BCUT2D eigenvalue weighted by Gasteiger charge is -2.13. The SMILES string of the molecule is CCCn1c(=O)c2ccc(C(=O)NC(C)CC)cc2n2c(=O)n(Cc3c(F)cccc3Cl)nc12. The number of aryl methyl sites for hydroxylation is 1. The van der Waals surface area contributed by atoms with Crippen LogP contribution in [0.5, 0.6) is 0 Å². The first-order chi connectivity index (χ1) is 16.3. The highest BCUT2D eigenvalue weighted by molar-refractivity contribution is 6.31. The Labute approximate surface area is 199 Å². The highest BCUT2D eigenvalue weighted by Gasteiger charge is 2.20. The molecule has 1 unspecified atom stereocenters. The maximum absolute atomic E-state index is 14.4. The molecule has 1 N–H and O–H groups in total. The molecule has 0 spiro atoms. The van der Waals surface area contributed by atoms with Gasteiger partial charge in [-0.1, -0.05) is 31.5 Å². The molecular weight excluding hydrogens is 461 g/mol. The summed E-state index contributed by atoms with van der Waals surface area (Å²) in [4.78, 5) is 39.4. The van der Waals surface area contributed by atoms with Crippen LogP contribution < -0.4 is 16.6 Å². The lowest BCUT2D eigenvalue weighted by atomic mass is 10.1. The third-order valence-electron chi connectivity index (χ3n) is 5.85. The van der Waals surface area contributed by atoms with Gasteiger partial charge in [-0.15, -0.1) is 5.10 Å². The molecular formula is C24H25ClFN5O3. The first-order valence-corrected chi connectivity index (χ1v) is 11.5. The number of hydrogen-bond donors (Lipinski definition) is 1. The predicted octanol–water partition coefficient (Wildman–Crippen LogP) is 3.59. The number of rotatable bonds is 7. The minimum Gasteiger partial charge on any atom is -0.350 e. The second-order valence-corrected chi connectivity index (χ2v) is 8.65. The Hall–Kier alpha value is -3.46. The third kappa shape index (κ3) is 4.11. The van der Waals surface area contributed by atoms with E-state index in [-0.39, 0.29) is 51.3 Å². The second kappa shape index (κ2) is 9.42. The molecule has 0 aliphatic heterocycles. The van der Waals surface area contributed by atoms with E-state index in [0.717, 1.165) is 11.1 Å². The van der Waals surface area contributed by atoms with Crippen LogP contribution in [-0.4, -0.2) is 30.7 Å². The molecule has 1 atom stereocenters. The van der Waals surface area contributed by atoms with Crippen LogP contribution in [0.4, 0.5) is 4.39 Å². The summed E-state index contributed by atoms with van der Waals surface area (Å²) in [6.07, 6.45) is 1.40. The van der Waals surface area contributed by atoms with Gasteiger partial charge >= 0.3 is 5.69 Å². The van der Waals surface area contributed by atoms with Crippen LogP contribution in [0.25, 0.3) is 16.7 Å². The molecule has 34 heavy (non-hydrogen) atoms. The highest BCUT2D eigenvalue weighted by Crippen LogP contribution is 2.20. The van der Waals surface area contributed by atoms with Gasteiger partial charge in [0.1, 0.15) is 5.82 Å². The number of aromatic nitrogens is 4. The quantitative estimate of drug-likeness (QED) is 0.433. The van der Waals surface area contributed by atoms with Crippen LogP contribution >= 0.6 is 11.6 Å². The van der Waals surface area contributed by atoms with E-state index in [1.807, 2.05) is 20.8 Å². The van der Waals surface area contributed by atoms with Crippen LogP contribution in [0, 0.1) is 5.82 Å². The zero-order chi connectivity index (χ0) is 24.6. The molecule has 8 nitrogen and oxygen atoms in total. The predicted molar refractivity (Wildman–Crippen MR) is 129 cm³/mol. The Morgan fingerprint density at radius 3 is 2.65 bits per heavy atom. The van der Waals surface area contributed by atoms with E-state index >= 15 is 0 Å². The fraction of sp³-hybridized carbons (Fsp3) is 0.333. The summed E-state index contributed by atoms with van der Waals surface area (Å²) in [6, 6.07) is 8.87. The van der Waals surface area contributed by atoms with Crippen molar-refractivity contribution in [3.8, 4) is 0 Å². The van der Waals surface area contributed by atoms with Crippen LogP contribution in [0.3, 0.4) is 0 Å². The molecule has 2 aromatic heterocycles. The summed E-state index contributed by atoms with van der Waals surface area (Å²) in [6.45, 7) is 5.89. The zero-order valence-corrected chi connectivity index (χ0v) is 19.9. The largest absolute Gasteiger partial charge is 0.352 e. The summed E-state index contributed by atoms with van der Waals surface area (Å²) in [5, 5.41) is 7.70. The number of carbonyl (C=O) groups is 1. The van der Waals surface area contributed by atoms with Crippen LogP contribution in [0.1, 0.15) is 49.5 Å². The fourth-order valence-corrected chi connectivity index (χ4v) is 4.05. The van der Waals surface area contributed by atoms with Gasteiger partial charge in [0.2, 0.25) is 5.78 Å². The van der Waals surface area contributed by atoms with Gasteiger partial charge in [0.25, 0.3) is 11.5 Å². The highest BCUT2D eigenvalue weighted by atomic mass is 35.5. The normalized spacial score (nSPS) is 12.4. The molecule has 10 heteroatoms. The number of hydrogen-bond acceptors (Lipinski definition) is 4. The van der Waals surface area contributed by atoms with E-state index in [2.05, 4.69) is 10.4 Å². The molecule has 1 amide bonds. The second-order valence-electron chi connectivity index (χ2n) is 8.25. The summed E-state index contributed by atoms with van der Waals surface area (Å²) < 4.78 is 18.2. The number of halogens is 2. The Morgan fingerprint density at radius 1 is 1.21 bits per heavy atom. The van der Waals surface area contributed by atoms with E-state index < -0.39 is 11.5 Å². The average molecular weight is 486 g/mol. The Morgan fingerprint density at radius 2 is 1.97 bits per heavy atom. The van der Waals surface area contributed by atoms with E-state index in [1.165, 1.54) is 33.2 Å². The van der Waals surface area contributed by atoms with Gasteiger partial charge in [0.05, 0.1) is 17.4 Å². The van der Waals surface area contributed by atoms with Crippen molar-refractivity contribution < 1.29 is 9.18 Å². The molecule has 0 aliphatic rings. The molecule has 0 radical (unpaired) electrons. The van der Waals surface area contributed by atoms with Crippen molar-refractivity contribution >= 4 is 34.2 Å². The van der Waals surface area contributed by atoms with Gasteiger partial charge in [-0.05, 0) is 50.1 Å². The minimum atomic E-state index is -0.566. The summed E-state index contributed by atoms with van der Waals surface area (Å²) in [7, 11) is 0. The number of nitrogens with zero attached hydrogens (tertiary/aromatic N) is 4. The van der Waals surface area contributed by atoms with Crippen molar-refractivity contribution in [1.82, 2.24) is 24.1 Å². The van der Waals surface area contributed by atoms with Crippen LogP contribution in [-0.2, 0) is 13.1 Å². The summed E-state index contributed by atoms with van der Waals surface area (Å²) in [5.41, 5.74) is -0.182. The average Bonchev–Trinajstić information content (AvgIpc) is 3.14. The van der Waals surface area contributed by atoms with Gasteiger partial charge in [0, 0.05) is 28.7 Å². The van der Waals surface area contributed by atoms with Gasteiger partial charge < -0.3 is 5.32 Å². The van der Waals surface area contributed by atoms with E-state index in [1.54, 1.807) is 12.1 Å². The lowest BCUT2D eigenvalue weighted by Crippen LogP contribution is -2.32. The lowest BCUT2D eigenvalue weighted by molar-refractivity contribution is 0.0939. The first-order valence-electron chi connectivity index (χ1n) is 11.2. The maximum Gasteiger partial charge on any atom is 0.352 e. The van der Waals surface area contributed by atoms with Crippen LogP contribution in [0.15, 0.2) is 46.0 Å². The summed E-state index contributed by atoms with van der Waals surface area (Å²) in [5.74, 6) is -0.742. The van der Waals surface area contributed by atoms with E-state index in [0.29, 0.717) is 18.5 Å². The first kappa shape index (κ1) is 23.7. The topological polar surface area (TPSA) is 90.4 Å². The molecule has 0 aliphatic carbocycles. The Bertz CT molecular complexity index is 1500. The molecule has 2 aromatic carbocycles. The van der Waals surface area contributed by atoms with Gasteiger partial charge in [-0.3, -0.25) is 14.2 Å². The monoisotopic (exact) mass is 485 g/mol. The Balaban J connectivity index is 1.97. The number of carbonyl (C=O) groups excluding carboxylic acids is 1. The Kier molecular flexibility index (Phi) is 6.56. The molecule has 4 rings (SSSR count). The number of nitrogens with one attached hydrogen (secondary N) is 1. The number of benzene rings is 2. The van der Waals surface area contributed by atoms with Gasteiger partial charge in [-0.2, -0.15) is 0 Å². The van der Waals surface area contributed by atoms with Crippen molar-refractivity contribution in [3.63, 3.8) is 0 Å². The molecule has 0 saturated heterocycles. The van der Waals surface area contributed by atoms with Gasteiger partial charge in [0.15, 0.2) is 0 Å². The molecule has 0 bridgehead atoms. The fourth-order valence-electron chi connectivity index (χ4n) is 3.83. The minimum absolute atomic E-state index is 0.0308. The summed E-state index contributed by atoms with van der Waals surface area (Å²) >= 11 is 6.15. The van der Waals surface area contributed by atoms with Crippen LogP contribution in [0.2, 0.25) is 5.02 Å². The molecule has 0 fully saturated rings. The van der Waals surface area contributed by atoms with Crippen molar-refractivity contribution in [2.75, 3.05) is 0 Å². The van der Waals surface area contributed by atoms with Crippen molar-refractivity contribution in [3.05, 3.63) is 79.2 Å². The molecule has 0 saturated carbocycles. The molecule has 4 aromatic rings. The third-order valence-corrected chi connectivity index (χ3v) is 6.20. The van der Waals surface area contributed by atoms with Gasteiger partial charge in [-0.25, -0.2) is 18.3 Å². The zero-order valence-electron chi connectivity index (χ0n) is 19.1. The standard InChI is InChI=1S/C24H25ClFN5O3/c1-4-11-29-22(33)16-10-9-15(21(32)27-14(3)5-2)12-20(16)31-23(29)28-30(24(31)34)13-17-18(25)7-6-8-19(17)26/h6-10,12,14H,4-5,11,13H2,1-3H3,(H,27,32). The van der Waals surface area contributed by atoms with E-state index in [9.17, 15) is 18.8 Å². The van der Waals surface area contributed by atoms with Crippen molar-refractivity contribution in [2.24, 2.45) is 0 Å². The molecule has 2 heterocycles. The van der Waals surface area contributed by atoms with Crippen molar-refractivity contribution in [2.45, 2.75) is 52.7 Å².